The standard InChI is InChI=1S/C15H9FN8OS/c16-13-12(9-3-1-2-5-18-9)21-15(26-13)22-14(25)10-7-20-23-24(10)11-4-6-17-8-19-11/h1-8H,(H,21,22,25). The first-order chi connectivity index (χ1) is 12.7. The van der Waals surface area contributed by atoms with Crippen molar-refractivity contribution in [1.29, 1.82) is 0 Å². The zero-order valence-corrected chi connectivity index (χ0v) is 13.8. The Hall–Kier alpha value is -3.60. The third-order valence-corrected chi connectivity index (χ3v) is 4.04. The number of carbonyl (C=O) groups is 1. The summed E-state index contributed by atoms with van der Waals surface area (Å²) in [5.41, 5.74) is 0.585. The highest BCUT2D eigenvalue weighted by molar-refractivity contribution is 7.14. The predicted octanol–water partition coefficient (Wildman–Crippen LogP) is 1.97. The van der Waals surface area contributed by atoms with E-state index >= 15 is 0 Å². The zero-order chi connectivity index (χ0) is 17.9. The van der Waals surface area contributed by atoms with Gasteiger partial charge in [0.2, 0.25) is 5.13 Å². The molecule has 11 heteroatoms. The van der Waals surface area contributed by atoms with Crippen molar-refractivity contribution in [1.82, 2.24) is 34.9 Å². The van der Waals surface area contributed by atoms with Gasteiger partial charge in [0.1, 0.15) is 12.0 Å². The molecule has 0 saturated carbocycles. The van der Waals surface area contributed by atoms with E-state index in [0.717, 1.165) is 0 Å². The number of rotatable bonds is 4. The largest absolute Gasteiger partial charge is 0.296 e. The number of halogens is 1. The molecule has 0 fully saturated rings. The Balaban J connectivity index is 1.60. The Morgan fingerprint density at radius 1 is 1.19 bits per heavy atom. The van der Waals surface area contributed by atoms with Crippen LogP contribution in [0.1, 0.15) is 10.5 Å². The number of aromatic nitrogens is 7. The van der Waals surface area contributed by atoms with E-state index in [4.69, 9.17) is 0 Å². The van der Waals surface area contributed by atoms with Gasteiger partial charge in [-0.2, -0.15) is 9.07 Å². The SMILES string of the molecule is O=C(Nc1nc(-c2ccccn2)c(F)s1)c1cnnn1-c1ccncn1. The molecule has 1 N–H and O–H groups in total. The molecule has 4 aromatic rings. The van der Waals surface area contributed by atoms with Crippen LogP contribution in [-0.4, -0.2) is 40.8 Å². The van der Waals surface area contributed by atoms with Gasteiger partial charge in [-0.3, -0.25) is 15.1 Å². The Bertz CT molecular complexity index is 1050. The average molecular weight is 368 g/mol. The maximum atomic E-state index is 14.2. The molecule has 0 radical (unpaired) electrons. The maximum Gasteiger partial charge on any atom is 0.277 e. The monoisotopic (exact) mass is 368 g/mol. The molecule has 128 valence electrons. The number of pyridine rings is 1. The highest BCUT2D eigenvalue weighted by Gasteiger charge is 2.19. The summed E-state index contributed by atoms with van der Waals surface area (Å²) in [5, 5.41) is 9.66. The van der Waals surface area contributed by atoms with E-state index < -0.39 is 11.0 Å². The normalized spacial score (nSPS) is 10.7. The molecule has 1 amide bonds. The number of nitrogens with zero attached hydrogens (tertiary/aromatic N) is 7. The van der Waals surface area contributed by atoms with Crippen LogP contribution < -0.4 is 5.32 Å². The molecule has 4 heterocycles. The highest BCUT2D eigenvalue weighted by atomic mass is 32.1. The van der Waals surface area contributed by atoms with E-state index in [-0.39, 0.29) is 16.5 Å². The van der Waals surface area contributed by atoms with Gasteiger partial charge in [-0.1, -0.05) is 22.6 Å². The second-order valence-electron chi connectivity index (χ2n) is 4.91. The van der Waals surface area contributed by atoms with Gasteiger partial charge >= 0.3 is 0 Å². The summed E-state index contributed by atoms with van der Waals surface area (Å²) in [4.78, 5) is 28.5. The molecule has 26 heavy (non-hydrogen) atoms. The van der Waals surface area contributed by atoms with Crippen molar-refractivity contribution in [3.8, 4) is 17.2 Å². The van der Waals surface area contributed by atoms with Crippen LogP contribution in [0.3, 0.4) is 0 Å². The second kappa shape index (κ2) is 6.72. The van der Waals surface area contributed by atoms with Crippen molar-refractivity contribution >= 4 is 22.4 Å². The summed E-state index contributed by atoms with van der Waals surface area (Å²) in [5.74, 6) is -0.169. The third-order valence-electron chi connectivity index (χ3n) is 3.28. The lowest BCUT2D eigenvalue weighted by molar-refractivity contribution is 0.101. The number of anilines is 1. The molecular formula is C15H9FN8OS. The molecular weight excluding hydrogens is 359 g/mol. The lowest BCUT2D eigenvalue weighted by Gasteiger charge is -2.04. The molecule has 0 aliphatic carbocycles. The van der Waals surface area contributed by atoms with Crippen molar-refractivity contribution in [2.24, 2.45) is 0 Å². The first-order valence-electron chi connectivity index (χ1n) is 7.28. The first-order valence-corrected chi connectivity index (χ1v) is 8.10. The summed E-state index contributed by atoms with van der Waals surface area (Å²) < 4.78 is 15.4. The van der Waals surface area contributed by atoms with Crippen LogP contribution >= 0.6 is 11.3 Å². The van der Waals surface area contributed by atoms with Crippen molar-refractivity contribution in [2.45, 2.75) is 0 Å². The number of thiazole rings is 1. The van der Waals surface area contributed by atoms with Gasteiger partial charge in [0, 0.05) is 18.5 Å². The lowest BCUT2D eigenvalue weighted by Crippen LogP contribution is -2.17. The fraction of sp³-hybridized carbons (Fsp3) is 0. The minimum Gasteiger partial charge on any atom is -0.296 e. The number of nitrogens with one attached hydrogen (secondary N) is 1. The van der Waals surface area contributed by atoms with E-state index in [2.05, 4.69) is 35.6 Å². The quantitative estimate of drug-likeness (QED) is 0.586. The van der Waals surface area contributed by atoms with Gasteiger partial charge in [0.05, 0.1) is 11.9 Å². The predicted molar refractivity (Wildman–Crippen MR) is 90.2 cm³/mol. The minimum atomic E-state index is -0.546. The molecule has 0 saturated heterocycles. The Kier molecular flexibility index (Phi) is 4.11. The number of hydrogen-bond donors (Lipinski definition) is 1. The van der Waals surface area contributed by atoms with Crippen LogP contribution in [0.25, 0.3) is 17.2 Å². The fourth-order valence-corrected chi connectivity index (χ4v) is 2.84. The van der Waals surface area contributed by atoms with E-state index in [0.29, 0.717) is 22.8 Å². The molecule has 0 aliphatic heterocycles. The molecule has 0 unspecified atom stereocenters. The second-order valence-corrected chi connectivity index (χ2v) is 5.86. The van der Waals surface area contributed by atoms with Crippen molar-refractivity contribution in [3.63, 3.8) is 0 Å². The van der Waals surface area contributed by atoms with Gasteiger partial charge in [0.15, 0.2) is 16.6 Å². The summed E-state index contributed by atoms with van der Waals surface area (Å²) in [6.07, 6.45) is 5.66. The molecule has 4 rings (SSSR count). The first kappa shape index (κ1) is 15.9. The minimum absolute atomic E-state index is 0.0772. The van der Waals surface area contributed by atoms with Crippen molar-refractivity contribution in [3.05, 3.63) is 60.0 Å². The molecule has 0 atom stereocenters. The summed E-state index contributed by atoms with van der Waals surface area (Å²) in [7, 11) is 0. The fourth-order valence-electron chi connectivity index (χ4n) is 2.15. The lowest BCUT2D eigenvalue weighted by atomic mass is 10.3. The number of hydrogen-bond acceptors (Lipinski definition) is 8. The maximum absolute atomic E-state index is 14.2. The van der Waals surface area contributed by atoms with Gasteiger partial charge < -0.3 is 0 Å². The van der Waals surface area contributed by atoms with Crippen molar-refractivity contribution in [2.75, 3.05) is 5.32 Å². The van der Waals surface area contributed by atoms with Gasteiger partial charge in [-0.15, -0.1) is 5.10 Å². The van der Waals surface area contributed by atoms with Gasteiger partial charge in [0.25, 0.3) is 5.91 Å². The van der Waals surface area contributed by atoms with Crippen LogP contribution in [0.4, 0.5) is 9.52 Å². The smallest absolute Gasteiger partial charge is 0.277 e. The number of amides is 1. The van der Waals surface area contributed by atoms with Crippen LogP contribution in [0, 0.1) is 5.13 Å². The Labute approximate surface area is 149 Å². The van der Waals surface area contributed by atoms with Gasteiger partial charge in [-0.05, 0) is 12.1 Å². The Morgan fingerprint density at radius 2 is 2.12 bits per heavy atom. The average Bonchev–Trinajstić information content (AvgIpc) is 3.30. The summed E-state index contributed by atoms with van der Waals surface area (Å²) >= 11 is 0.711. The molecule has 4 aromatic heterocycles. The van der Waals surface area contributed by atoms with E-state index in [1.54, 1.807) is 24.3 Å². The van der Waals surface area contributed by atoms with Crippen LogP contribution in [0.2, 0.25) is 0 Å². The van der Waals surface area contributed by atoms with E-state index in [9.17, 15) is 9.18 Å². The number of carbonyl (C=O) groups excluding carboxylic acids is 1. The van der Waals surface area contributed by atoms with Gasteiger partial charge in [-0.25, -0.2) is 15.0 Å². The topological polar surface area (TPSA) is 111 Å². The molecule has 0 aromatic carbocycles. The van der Waals surface area contributed by atoms with Crippen LogP contribution in [-0.2, 0) is 0 Å². The van der Waals surface area contributed by atoms with Crippen molar-refractivity contribution < 1.29 is 9.18 Å². The zero-order valence-electron chi connectivity index (χ0n) is 12.9. The summed E-state index contributed by atoms with van der Waals surface area (Å²) in [6, 6.07) is 6.66. The Morgan fingerprint density at radius 3 is 2.88 bits per heavy atom. The molecule has 0 spiro atoms. The molecule has 0 bridgehead atoms. The third kappa shape index (κ3) is 3.02. The van der Waals surface area contributed by atoms with Crippen LogP contribution in [0.15, 0.2) is 49.2 Å². The van der Waals surface area contributed by atoms with Crippen LogP contribution in [0.5, 0.6) is 0 Å². The summed E-state index contributed by atoms with van der Waals surface area (Å²) in [6.45, 7) is 0. The molecule has 9 nitrogen and oxygen atoms in total. The van der Waals surface area contributed by atoms with E-state index in [1.807, 2.05) is 0 Å². The highest BCUT2D eigenvalue weighted by Crippen LogP contribution is 2.28. The molecule has 0 aliphatic rings. The van der Waals surface area contributed by atoms with E-state index in [1.165, 1.54) is 29.6 Å².